The van der Waals surface area contributed by atoms with Crippen LogP contribution in [0.4, 0.5) is 5.69 Å². The Bertz CT molecular complexity index is 852. The van der Waals surface area contributed by atoms with Crippen molar-refractivity contribution < 1.29 is 0 Å². The van der Waals surface area contributed by atoms with Gasteiger partial charge in [0.05, 0.1) is 11.7 Å². The topological polar surface area (TPSA) is 42.1 Å². The Morgan fingerprint density at radius 3 is 2.42 bits per heavy atom. The molecule has 0 radical (unpaired) electrons. The summed E-state index contributed by atoms with van der Waals surface area (Å²) in [5, 5.41) is 3.82. The maximum absolute atomic E-state index is 6.37. The van der Waals surface area contributed by atoms with E-state index < -0.39 is 0 Å². The van der Waals surface area contributed by atoms with Crippen LogP contribution in [0.3, 0.4) is 0 Å². The zero-order valence-electron chi connectivity index (χ0n) is 14.6. The summed E-state index contributed by atoms with van der Waals surface area (Å²) in [6.45, 7) is 2.33. The molecule has 134 valence electrons. The van der Waals surface area contributed by atoms with Crippen LogP contribution in [0, 0.1) is 0 Å². The standard InChI is InChI=1S/C21H22ClN3S/c22-17-7-3-15(4-8-17)13-19(23)21-24-20(14-26-21)16-5-9-18(10-6-16)25-11-1-2-12-25/h3-10,14,19H,1-2,11-13,23H2. The number of thiazole rings is 1. The number of halogens is 1. The van der Waals surface area contributed by atoms with E-state index in [1.807, 2.05) is 24.3 Å². The number of aromatic nitrogens is 1. The molecule has 0 amide bonds. The minimum atomic E-state index is -0.0983. The Hall–Kier alpha value is -1.88. The Kier molecular flexibility index (Phi) is 5.25. The molecule has 3 aromatic rings. The Morgan fingerprint density at radius 1 is 1.04 bits per heavy atom. The number of nitrogens with zero attached hydrogens (tertiary/aromatic N) is 2. The van der Waals surface area contributed by atoms with Crippen molar-refractivity contribution in [2.75, 3.05) is 18.0 Å². The van der Waals surface area contributed by atoms with Gasteiger partial charge in [-0.15, -0.1) is 11.3 Å². The molecular formula is C21H22ClN3S. The molecule has 2 N–H and O–H groups in total. The van der Waals surface area contributed by atoms with E-state index in [1.165, 1.54) is 37.2 Å². The molecule has 3 nitrogen and oxygen atoms in total. The number of benzene rings is 2. The van der Waals surface area contributed by atoms with Crippen LogP contribution in [0.5, 0.6) is 0 Å². The summed E-state index contributed by atoms with van der Waals surface area (Å²) in [6.07, 6.45) is 3.35. The summed E-state index contributed by atoms with van der Waals surface area (Å²) in [7, 11) is 0. The molecule has 1 atom stereocenters. The van der Waals surface area contributed by atoms with E-state index in [0.717, 1.165) is 27.7 Å². The first-order valence-electron chi connectivity index (χ1n) is 9.00. The molecule has 26 heavy (non-hydrogen) atoms. The van der Waals surface area contributed by atoms with Gasteiger partial charge in [0.15, 0.2) is 0 Å². The van der Waals surface area contributed by atoms with Crippen molar-refractivity contribution in [3.05, 3.63) is 69.5 Å². The fraction of sp³-hybridized carbons (Fsp3) is 0.286. The SMILES string of the molecule is NC(Cc1ccc(Cl)cc1)c1nc(-c2ccc(N3CCCC3)cc2)cs1. The molecule has 1 saturated heterocycles. The summed E-state index contributed by atoms with van der Waals surface area (Å²) < 4.78 is 0. The predicted octanol–water partition coefficient (Wildman–Crippen LogP) is 5.31. The first-order valence-corrected chi connectivity index (χ1v) is 10.3. The zero-order chi connectivity index (χ0) is 17.9. The minimum Gasteiger partial charge on any atom is -0.372 e. The first-order chi connectivity index (χ1) is 12.7. The average molecular weight is 384 g/mol. The van der Waals surface area contributed by atoms with Crippen LogP contribution in [0.2, 0.25) is 5.02 Å². The lowest BCUT2D eigenvalue weighted by atomic mass is 10.1. The quantitative estimate of drug-likeness (QED) is 0.649. The Labute approximate surface area is 163 Å². The Balaban J connectivity index is 1.45. The maximum Gasteiger partial charge on any atom is 0.110 e. The maximum atomic E-state index is 6.37. The lowest BCUT2D eigenvalue weighted by Gasteiger charge is -2.17. The van der Waals surface area contributed by atoms with Crippen LogP contribution in [0.1, 0.15) is 29.5 Å². The van der Waals surface area contributed by atoms with Gasteiger partial charge in [0.25, 0.3) is 0 Å². The fourth-order valence-corrected chi connectivity index (χ4v) is 4.33. The number of nitrogens with two attached hydrogens (primary N) is 1. The highest BCUT2D eigenvalue weighted by Crippen LogP contribution is 2.29. The van der Waals surface area contributed by atoms with Crippen LogP contribution in [0.15, 0.2) is 53.9 Å². The van der Waals surface area contributed by atoms with Gasteiger partial charge in [-0.3, -0.25) is 0 Å². The second-order valence-electron chi connectivity index (χ2n) is 6.75. The van der Waals surface area contributed by atoms with Crippen molar-refractivity contribution in [2.24, 2.45) is 5.73 Å². The lowest BCUT2D eigenvalue weighted by Crippen LogP contribution is -2.17. The molecule has 0 saturated carbocycles. The normalized spacial score (nSPS) is 15.4. The molecule has 2 heterocycles. The van der Waals surface area contributed by atoms with Gasteiger partial charge < -0.3 is 10.6 Å². The average Bonchev–Trinajstić information content (AvgIpc) is 3.36. The zero-order valence-corrected chi connectivity index (χ0v) is 16.1. The van der Waals surface area contributed by atoms with Gasteiger partial charge in [-0.2, -0.15) is 0 Å². The van der Waals surface area contributed by atoms with Gasteiger partial charge >= 0.3 is 0 Å². The van der Waals surface area contributed by atoms with Crippen molar-refractivity contribution >= 4 is 28.6 Å². The van der Waals surface area contributed by atoms with E-state index in [4.69, 9.17) is 22.3 Å². The Morgan fingerprint density at radius 2 is 1.73 bits per heavy atom. The van der Waals surface area contributed by atoms with Gasteiger partial charge in [0.2, 0.25) is 0 Å². The molecular weight excluding hydrogens is 362 g/mol. The smallest absolute Gasteiger partial charge is 0.110 e. The molecule has 0 aliphatic carbocycles. The van der Waals surface area contributed by atoms with Crippen LogP contribution in [-0.2, 0) is 6.42 Å². The van der Waals surface area contributed by atoms with Gasteiger partial charge in [-0.1, -0.05) is 35.9 Å². The fourth-order valence-electron chi connectivity index (χ4n) is 3.37. The van der Waals surface area contributed by atoms with Crippen molar-refractivity contribution in [1.29, 1.82) is 0 Å². The van der Waals surface area contributed by atoms with Gasteiger partial charge in [0.1, 0.15) is 5.01 Å². The van der Waals surface area contributed by atoms with E-state index in [0.29, 0.717) is 0 Å². The molecule has 2 aromatic carbocycles. The van der Waals surface area contributed by atoms with E-state index >= 15 is 0 Å². The predicted molar refractivity (Wildman–Crippen MR) is 111 cm³/mol. The van der Waals surface area contributed by atoms with E-state index in [9.17, 15) is 0 Å². The van der Waals surface area contributed by atoms with Crippen molar-refractivity contribution in [2.45, 2.75) is 25.3 Å². The summed E-state index contributed by atoms with van der Waals surface area (Å²) in [6, 6.07) is 16.5. The van der Waals surface area contributed by atoms with Crippen molar-refractivity contribution in [3.8, 4) is 11.3 Å². The van der Waals surface area contributed by atoms with Crippen molar-refractivity contribution in [1.82, 2.24) is 4.98 Å². The number of rotatable bonds is 5. The highest BCUT2D eigenvalue weighted by molar-refractivity contribution is 7.10. The van der Waals surface area contributed by atoms with Gasteiger partial charge in [0, 0.05) is 34.7 Å². The highest BCUT2D eigenvalue weighted by Gasteiger charge is 2.15. The van der Waals surface area contributed by atoms with E-state index in [1.54, 1.807) is 11.3 Å². The summed E-state index contributed by atoms with van der Waals surface area (Å²) in [5.74, 6) is 0. The monoisotopic (exact) mass is 383 g/mol. The second kappa shape index (κ2) is 7.78. The van der Waals surface area contributed by atoms with E-state index in [2.05, 4.69) is 34.5 Å². The van der Waals surface area contributed by atoms with Gasteiger partial charge in [-0.25, -0.2) is 4.98 Å². The van der Waals surface area contributed by atoms with Gasteiger partial charge in [-0.05, 0) is 49.1 Å². The second-order valence-corrected chi connectivity index (χ2v) is 8.08. The molecule has 1 aliphatic heterocycles. The molecule has 4 rings (SSSR count). The van der Waals surface area contributed by atoms with Crippen LogP contribution < -0.4 is 10.6 Å². The largest absolute Gasteiger partial charge is 0.372 e. The molecule has 0 bridgehead atoms. The molecule has 1 aliphatic rings. The van der Waals surface area contributed by atoms with Crippen LogP contribution in [-0.4, -0.2) is 18.1 Å². The third kappa shape index (κ3) is 3.93. The number of hydrogen-bond acceptors (Lipinski definition) is 4. The van der Waals surface area contributed by atoms with Crippen LogP contribution >= 0.6 is 22.9 Å². The minimum absolute atomic E-state index is 0.0983. The summed E-state index contributed by atoms with van der Waals surface area (Å²) >= 11 is 7.58. The van der Waals surface area contributed by atoms with Crippen LogP contribution in [0.25, 0.3) is 11.3 Å². The number of hydrogen-bond donors (Lipinski definition) is 1. The molecule has 1 fully saturated rings. The molecule has 5 heteroatoms. The summed E-state index contributed by atoms with van der Waals surface area (Å²) in [5.41, 5.74) is 11.0. The lowest BCUT2D eigenvalue weighted by molar-refractivity contribution is 0.716. The molecule has 1 unspecified atom stereocenters. The molecule has 0 spiro atoms. The molecule has 1 aromatic heterocycles. The third-order valence-electron chi connectivity index (χ3n) is 4.84. The van der Waals surface area contributed by atoms with Crippen molar-refractivity contribution in [3.63, 3.8) is 0 Å². The number of anilines is 1. The summed E-state index contributed by atoms with van der Waals surface area (Å²) in [4.78, 5) is 7.22. The van der Waals surface area contributed by atoms with E-state index in [-0.39, 0.29) is 6.04 Å². The third-order valence-corrected chi connectivity index (χ3v) is 6.07. The highest BCUT2D eigenvalue weighted by atomic mass is 35.5. The first kappa shape index (κ1) is 17.5.